The minimum Gasteiger partial charge on any atom is -0.317 e. The van der Waals surface area contributed by atoms with Crippen LogP contribution < -0.4 is 15.5 Å². The molecule has 2 aromatic carbocycles. The van der Waals surface area contributed by atoms with Crippen LogP contribution >= 0.6 is 22.9 Å². The number of nitrogens with zero attached hydrogens (tertiary/aromatic N) is 3. The van der Waals surface area contributed by atoms with Crippen LogP contribution in [0.15, 0.2) is 48.5 Å². The molecule has 0 saturated carbocycles. The quantitative estimate of drug-likeness (QED) is 0.623. The predicted molar refractivity (Wildman–Crippen MR) is 108 cm³/mol. The largest absolute Gasteiger partial charge is 0.325 e. The molecule has 0 saturated heterocycles. The lowest BCUT2D eigenvalue weighted by molar-refractivity contribution is 0.262. The molecule has 6 nitrogen and oxygen atoms in total. The SMILES string of the molecule is CCN(c1ccccc1)c1nnc(NC(=O)Nc2ccc(C)cc2Cl)s1. The second-order valence-electron chi connectivity index (χ2n) is 5.53. The number of halogens is 1. The van der Waals surface area contributed by atoms with Gasteiger partial charge in [-0.15, -0.1) is 10.2 Å². The molecule has 26 heavy (non-hydrogen) atoms. The number of urea groups is 1. The molecule has 0 aliphatic carbocycles. The van der Waals surface area contributed by atoms with Crippen LogP contribution in [0.2, 0.25) is 5.02 Å². The number of rotatable bonds is 5. The van der Waals surface area contributed by atoms with E-state index in [9.17, 15) is 4.79 Å². The molecular weight excluding hydrogens is 370 g/mol. The molecule has 0 aliphatic rings. The third-order valence-electron chi connectivity index (χ3n) is 3.62. The normalized spacial score (nSPS) is 10.4. The zero-order valence-electron chi connectivity index (χ0n) is 14.4. The van der Waals surface area contributed by atoms with Gasteiger partial charge in [0.1, 0.15) is 0 Å². The highest BCUT2D eigenvalue weighted by Crippen LogP contribution is 2.30. The number of amides is 2. The topological polar surface area (TPSA) is 70.2 Å². The fraction of sp³-hybridized carbons (Fsp3) is 0.167. The molecule has 134 valence electrons. The van der Waals surface area contributed by atoms with Crippen molar-refractivity contribution >= 4 is 50.6 Å². The smallest absolute Gasteiger partial charge is 0.317 e. The Labute approximate surface area is 160 Å². The average molecular weight is 388 g/mol. The van der Waals surface area contributed by atoms with Crippen molar-refractivity contribution < 1.29 is 4.79 Å². The molecule has 0 aliphatic heterocycles. The highest BCUT2D eigenvalue weighted by atomic mass is 35.5. The van der Waals surface area contributed by atoms with Gasteiger partial charge in [0.05, 0.1) is 10.7 Å². The number of para-hydroxylation sites is 1. The Morgan fingerprint density at radius 3 is 2.62 bits per heavy atom. The minimum absolute atomic E-state index is 0.412. The Morgan fingerprint density at radius 2 is 1.92 bits per heavy atom. The third-order valence-corrected chi connectivity index (χ3v) is 4.80. The average Bonchev–Trinajstić information content (AvgIpc) is 3.07. The van der Waals surface area contributed by atoms with E-state index in [1.807, 2.05) is 55.1 Å². The van der Waals surface area contributed by atoms with Crippen molar-refractivity contribution in [3.63, 3.8) is 0 Å². The zero-order chi connectivity index (χ0) is 18.5. The van der Waals surface area contributed by atoms with Crippen LogP contribution in [0, 0.1) is 6.92 Å². The Morgan fingerprint density at radius 1 is 1.15 bits per heavy atom. The summed E-state index contributed by atoms with van der Waals surface area (Å²) in [6.45, 7) is 4.71. The monoisotopic (exact) mass is 387 g/mol. The third kappa shape index (κ3) is 4.30. The first-order valence-corrected chi connectivity index (χ1v) is 9.26. The molecule has 1 heterocycles. The molecule has 0 fully saturated rings. The molecular formula is C18H18ClN5OS. The van der Waals surface area contributed by atoms with E-state index < -0.39 is 6.03 Å². The van der Waals surface area contributed by atoms with Crippen LogP contribution in [-0.4, -0.2) is 22.8 Å². The Balaban J connectivity index is 1.68. The summed E-state index contributed by atoms with van der Waals surface area (Å²) >= 11 is 7.44. The van der Waals surface area contributed by atoms with Gasteiger partial charge in [-0.05, 0) is 43.7 Å². The standard InChI is InChI=1S/C18H18ClN5OS/c1-3-24(13-7-5-4-6-8-13)18-23-22-17(26-18)21-16(25)20-15-10-9-12(2)11-14(15)19/h4-11H,3H2,1-2H3,(H2,20,21,22,25). The lowest BCUT2D eigenvalue weighted by Gasteiger charge is -2.18. The summed E-state index contributed by atoms with van der Waals surface area (Å²) in [5.41, 5.74) is 2.59. The molecule has 3 aromatic rings. The van der Waals surface area contributed by atoms with Gasteiger partial charge in [-0.1, -0.05) is 47.2 Å². The number of aromatic nitrogens is 2. The van der Waals surface area contributed by atoms with E-state index in [1.54, 1.807) is 12.1 Å². The summed E-state index contributed by atoms with van der Waals surface area (Å²) in [5, 5.41) is 15.2. The van der Waals surface area contributed by atoms with E-state index in [0.29, 0.717) is 21.0 Å². The number of carbonyl (C=O) groups is 1. The maximum Gasteiger partial charge on any atom is 0.325 e. The fourth-order valence-corrected chi connectivity index (χ4v) is 3.49. The second-order valence-corrected chi connectivity index (χ2v) is 6.90. The van der Waals surface area contributed by atoms with Gasteiger partial charge in [0.2, 0.25) is 10.3 Å². The summed E-state index contributed by atoms with van der Waals surface area (Å²) in [4.78, 5) is 14.2. The molecule has 2 amide bonds. The summed E-state index contributed by atoms with van der Waals surface area (Å²) in [7, 11) is 0. The van der Waals surface area contributed by atoms with Crippen LogP contribution in [0.4, 0.5) is 26.4 Å². The molecule has 8 heteroatoms. The van der Waals surface area contributed by atoms with Gasteiger partial charge < -0.3 is 10.2 Å². The van der Waals surface area contributed by atoms with Gasteiger partial charge in [-0.2, -0.15) is 0 Å². The number of nitrogens with one attached hydrogen (secondary N) is 2. The highest BCUT2D eigenvalue weighted by Gasteiger charge is 2.15. The summed E-state index contributed by atoms with van der Waals surface area (Å²) < 4.78 is 0. The number of carbonyl (C=O) groups excluding carboxylic acids is 1. The van der Waals surface area contributed by atoms with Gasteiger partial charge >= 0.3 is 6.03 Å². The van der Waals surface area contributed by atoms with Crippen LogP contribution in [0.5, 0.6) is 0 Å². The van der Waals surface area contributed by atoms with E-state index in [4.69, 9.17) is 11.6 Å². The van der Waals surface area contributed by atoms with Gasteiger partial charge in [0.25, 0.3) is 0 Å². The van der Waals surface area contributed by atoms with E-state index in [1.165, 1.54) is 11.3 Å². The van der Waals surface area contributed by atoms with Crippen molar-refractivity contribution in [1.82, 2.24) is 10.2 Å². The summed E-state index contributed by atoms with van der Waals surface area (Å²) in [5.74, 6) is 0. The number of hydrogen-bond acceptors (Lipinski definition) is 5. The lowest BCUT2D eigenvalue weighted by Crippen LogP contribution is -2.19. The van der Waals surface area contributed by atoms with Crippen molar-refractivity contribution in [1.29, 1.82) is 0 Å². The van der Waals surface area contributed by atoms with Crippen molar-refractivity contribution in [3.05, 3.63) is 59.1 Å². The van der Waals surface area contributed by atoms with Gasteiger partial charge in [0.15, 0.2) is 0 Å². The fourth-order valence-electron chi connectivity index (χ4n) is 2.38. The molecule has 0 atom stereocenters. The Hall–Kier alpha value is -2.64. The number of anilines is 4. The predicted octanol–water partition coefficient (Wildman–Crippen LogP) is 5.30. The molecule has 0 unspecified atom stereocenters. The molecule has 1 aromatic heterocycles. The minimum atomic E-state index is -0.416. The first kappa shape index (κ1) is 18.2. The Bertz CT molecular complexity index is 900. The molecule has 2 N–H and O–H groups in total. The van der Waals surface area contributed by atoms with Gasteiger partial charge in [-0.3, -0.25) is 5.32 Å². The van der Waals surface area contributed by atoms with Crippen molar-refractivity contribution in [2.75, 3.05) is 22.1 Å². The van der Waals surface area contributed by atoms with Crippen LogP contribution in [0.1, 0.15) is 12.5 Å². The van der Waals surface area contributed by atoms with Crippen LogP contribution in [0.3, 0.4) is 0 Å². The summed E-state index contributed by atoms with van der Waals surface area (Å²) in [6, 6.07) is 14.9. The zero-order valence-corrected chi connectivity index (χ0v) is 15.9. The highest BCUT2D eigenvalue weighted by molar-refractivity contribution is 7.19. The molecule has 3 rings (SSSR count). The maximum absolute atomic E-state index is 12.2. The second kappa shape index (κ2) is 8.16. The van der Waals surface area contributed by atoms with Crippen molar-refractivity contribution in [2.24, 2.45) is 0 Å². The summed E-state index contributed by atoms with van der Waals surface area (Å²) in [6.07, 6.45) is 0. The van der Waals surface area contributed by atoms with Crippen molar-refractivity contribution in [3.8, 4) is 0 Å². The molecule has 0 spiro atoms. The van der Waals surface area contributed by atoms with Crippen LogP contribution in [-0.2, 0) is 0 Å². The number of hydrogen-bond donors (Lipinski definition) is 2. The molecule has 0 radical (unpaired) electrons. The number of aryl methyl sites for hydroxylation is 1. The van der Waals surface area contributed by atoms with Gasteiger partial charge in [0, 0.05) is 12.2 Å². The maximum atomic E-state index is 12.2. The number of benzene rings is 2. The first-order chi connectivity index (χ1) is 12.6. The van der Waals surface area contributed by atoms with Crippen LogP contribution in [0.25, 0.3) is 0 Å². The molecule has 0 bridgehead atoms. The van der Waals surface area contributed by atoms with E-state index >= 15 is 0 Å². The van der Waals surface area contributed by atoms with Gasteiger partial charge in [-0.25, -0.2) is 4.79 Å². The van der Waals surface area contributed by atoms with E-state index in [-0.39, 0.29) is 0 Å². The Kier molecular flexibility index (Phi) is 5.70. The van der Waals surface area contributed by atoms with E-state index in [0.717, 1.165) is 17.8 Å². The lowest BCUT2D eigenvalue weighted by atomic mass is 10.2. The first-order valence-electron chi connectivity index (χ1n) is 8.07. The van der Waals surface area contributed by atoms with Crippen molar-refractivity contribution in [2.45, 2.75) is 13.8 Å². The van der Waals surface area contributed by atoms with E-state index in [2.05, 4.69) is 20.8 Å².